The summed E-state index contributed by atoms with van der Waals surface area (Å²) in [5, 5.41) is 0.198. The minimum Gasteiger partial charge on any atom is -0.403 e. The van der Waals surface area contributed by atoms with E-state index in [4.69, 9.17) is 4.43 Å². The maximum absolute atomic E-state index is 6.48. The molecule has 0 saturated heterocycles. The Morgan fingerprint density at radius 1 is 1.22 bits per heavy atom. The van der Waals surface area contributed by atoms with E-state index in [1.807, 2.05) is 6.08 Å². The van der Waals surface area contributed by atoms with Crippen LogP contribution in [0.2, 0.25) is 18.1 Å². The molecule has 0 fully saturated rings. The van der Waals surface area contributed by atoms with Crippen molar-refractivity contribution in [2.45, 2.75) is 78.1 Å². The lowest BCUT2D eigenvalue weighted by Gasteiger charge is -2.38. The summed E-state index contributed by atoms with van der Waals surface area (Å²) in [5.41, 5.74) is 0.0231. The average Bonchev–Trinajstić information content (AvgIpc) is 2.32. The maximum atomic E-state index is 6.48. The largest absolute Gasteiger partial charge is 0.403 e. The molecule has 0 spiro atoms. The van der Waals surface area contributed by atoms with Gasteiger partial charge in [0.05, 0.1) is 3.39 Å². The Balaban J connectivity index is 5.06. The van der Waals surface area contributed by atoms with Crippen molar-refractivity contribution in [2.24, 2.45) is 5.41 Å². The van der Waals surface area contributed by atoms with Crippen LogP contribution in [0.15, 0.2) is 22.1 Å². The molecule has 0 aliphatic heterocycles. The first kappa shape index (κ1) is 23.2. The second kappa shape index (κ2) is 9.61. The topological polar surface area (TPSA) is 9.23 Å². The molecular weight excluding hydrogens is 432 g/mol. The highest BCUT2D eigenvalue weighted by molar-refractivity contribution is 9.28. The standard InChI is InChI=1S/C19H32Br2OSi/c1-9-10-12-16(22-23(7,8)18(2,3)4)13-11-14-19(5,6)15-17(20)21/h9,15-16H,1,10,12,14H2,2-8H3. The van der Waals surface area contributed by atoms with Gasteiger partial charge in [0.1, 0.15) is 6.10 Å². The van der Waals surface area contributed by atoms with E-state index in [1.165, 1.54) is 0 Å². The first-order chi connectivity index (χ1) is 10.3. The smallest absolute Gasteiger partial charge is 0.193 e. The lowest BCUT2D eigenvalue weighted by molar-refractivity contribution is 0.224. The Labute approximate surface area is 161 Å². The molecule has 0 heterocycles. The summed E-state index contributed by atoms with van der Waals surface area (Å²) >= 11 is 6.85. The molecule has 0 aromatic carbocycles. The molecule has 23 heavy (non-hydrogen) atoms. The summed E-state index contributed by atoms with van der Waals surface area (Å²) < 4.78 is 7.45. The van der Waals surface area contributed by atoms with Crippen molar-refractivity contribution < 1.29 is 4.43 Å². The normalized spacial score (nSPS) is 13.8. The first-order valence-electron chi connectivity index (χ1n) is 8.12. The van der Waals surface area contributed by atoms with Gasteiger partial charge in [-0.1, -0.05) is 58.6 Å². The van der Waals surface area contributed by atoms with E-state index >= 15 is 0 Å². The van der Waals surface area contributed by atoms with E-state index < -0.39 is 8.32 Å². The zero-order chi connectivity index (χ0) is 18.3. The number of rotatable bonds is 7. The number of hydrogen-bond donors (Lipinski definition) is 0. The molecule has 0 rings (SSSR count). The summed E-state index contributed by atoms with van der Waals surface area (Å²) in [6.07, 6.45) is 6.74. The fourth-order valence-corrected chi connectivity index (χ4v) is 4.18. The van der Waals surface area contributed by atoms with E-state index in [2.05, 4.69) is 104 Å². The summed E-state index contributed by atoms with van der Waals surface area (Å²) in [7, 11) is -1.80. The third kappa shape index (κ3) is 9.91. The highest BCUT2D eigenvalue weighted by Crippen LogP contribution is 2.37. The third-order valence-corrected chi connectivity index (χ3v) is 9.13. The summed E-state index contributed by atoms with van der Waals surface area (Å²) in [6, 6.07) is 0. The molecule has 132 valence electrons. The molecule has 1 nitrogen and oxygen atoms in total. The highest BCUT2D eigenvalue weighted by atomic mass is 79.9. The molecule has 0 radical (unpaired) electrons. The summed E-state index contributed by atoms with van der Waals surface area (Å²) in [4.78, 5) is 0. The van der Waals surface area contributed by atoms with Gasteiger partial charge in [-0.25, -0.2) is 0 Å². The van der Waals surface area contributed by atoms with E-state index in [0.29, 0.717) is 0 Å². The zero-order valence-corrected chi connectivity index (χ0v) is 19.9. The van der Waals surface area contributed by atoms with Crippen LogP contribution >= 0.6 is 31.9 Å². The number of hydrogen-bond acceptors (Lipinski definition) is 1. The van der Waals surface area contributed by atoms with E-state index in [9.17, 15) is 0 Å². The lowest BCUT2D eigenvalue weighted by atomic mass is 9.90. The van der Waals surface area contributed by atoms with Crippen molar-refractivity contribution in [3.05, 3.63) is 22.1 Å². The predicted molar refractivity (Wildman–Crippen MR) is 114 cm³/mol. The molecular formula is C19H32Br2OSi. The van der Waals surface area contributed by atoms with Gasteiger partial charge in [0, 0.05) is 6.42 Å². The van der Waals surface area contributed by atoms with Crippen molar-refractivity contribution in [2.75, 3.05) is 0 Å². The second-order valence-corrected chi connectivity index (χ2v) is 15.7. The van der Waals surface area contributed by atoms with Crippen molar-refractivity contribution in [1.82, 2.24) is 0 Å². The van der Waals surface area contributed by atoms with E-state index in [0.717, 1.165) is 22.7 Å². The van der Waals surface area contributed by atoms with Crippen molar-refractivity contribution in [3.8, 4) is 11.8 Å². The van der Waals surface area contributed by atoms with Gasteiger partial charge in [0.15, 0.2) is 8.32 Å². The Morgan fingerprint density at radius 2 is 1.78 bits per heavy atom. The van der Waals surface area contributed by atoms with Crippen molar-refractivity contribution in [3.63, 3.8) is 0 Å². The number of halogens is 2. The second-order valence-electron chi connectivity index (χ2n) is 8.15. The Hall–Kier alpha value is 0.177. The zero-order valence-electron chi connectivity index (χ0n) is 15.7. The third-order valence-electron chi connectivity index (χ3n) is 4.18. The molecule has 0 aromatic rings. The molecule has 0 aliphatic rings. The van der Waals surface area contributed by atoms with Gasteiger partial charge < -0.3 is 4.43 Å². The number of allylic oxidation sites excluding steroid dienone is 2. The van der Waals surface area contributed by atoms with E-state index in [1.54, 1.807) is 0 Å². The predicted octanol–water partition coefficient (Wildman–Crippen LogP) is 7.39. The van der Waals surface area contributed by atoms with Crippen LogP contribution in [-0.2, 0) is 4.43 Å². The first-order valence-corrected chi connectivity index (χ1v) is 12.6. The molecule has 0 saturated carbocycles. The monoisotopic (exact) mass is 462 g/mol. The molecule has 0 N–H and O–H groups in total. The van der Waals surface area contributed by atoms with E-state index in [-0.39, 0.29) is 16.6 Å². The van der Waals surface area contributed by atoms with Crippen molar-refractivity contribution >= 4 is 40.2 Å². The minimum atomic E-state index is -1.80. The van der Waals surface area contributed by atoms with Crippen LogP contribution in [0.25, 0.3) is 0 Å². The van der Waals surface area contributed by atoms with Crippen LogP contribution in [0.3, 0.4) is 0 Å². The fraction of sp³-hybridized carbons (Fsp3) is 0.684. The van der Waals surface area contributed by atoms with Gasteiger partial charge >= 0.3 is 0 Å². The maximum Gasteiger partial charge on any atom is 0.193 e. The molecule has 0 aromatic heterocycles. The van der Waals surface area contributed by atoms with Crippen LogP contribution in [0.5, 0.6) is 0 Å². The van der Waals surface area contributed by atoms with Crippen LogP contribution in [0.4, 0.5) is 0 Å². The Morgan fingerprint density at radius 3 is 2.22 bits per heavy atom. The van der Waals surface area contributed by atoms with Gasteiger partial charge in [-0.15, -0.1) is 6.58 Å². The van der Waals surface area contributed by atoms with Gasteiger partial charge in [0.2, 0.25) is 0 Å². The van der Waals surface area contributed by atoms with Gasteiger partial charge in [-0.2, -0.15) is 0 Å². The van der Waals surface area contributed by atoms with Crippen LogP contribution < -0.4 is 0 Å². The molecule has 1 atom stereocenters. The van der Waals surface area contributed by atoms with Crippen LogP contribution in [-0.4, -0.2) is 14.4 Å². The molecule has 0 bridgehead atoms. The average molecular weight is 464 g/mol. The Bertz CT molecular complexity index is 472. The quantitative estimate of drug-likeness (QED) is 0.217. The van der Waals surface area contributed by atoms with Gasteiger partial charge in [-0.05, 0) is 68.2 Å². The van der Waals surface area contributed by atoms with Crippen LogP contribution in [0, 0.1) is 17.3 Å². The molecule has 0 amide bonds. The molecule has 0 aliphatic carbocycles. The highest BCUT2D eigenvalue weighted by Gasteiger charge is 2.38. The fourth-order valence-electron chi connectivity index (χ4n) is 1.70. The Kier molecular flexibility index (Phi) is 9.68. The SMILES string of the molecule is C=CCCC(C#CCC(C)(C)C=C(Br)Br)O[Si](C)(C)C(C)(C)C. The lowest BCUT2D eigenvalue weighted by Crippen LogP contribution is -2.43. The van der Waals surface area contributed by atoms with Crippen LogP contribution in [0.1, 0.15) is 53.9 Å². The summed E-state index contributed by atoms with van der Waals surface area (Å²) in [6.45, 7) is 19.5. The molecule has 4 heteroatoms. The summed E-state index contributed by atoms with van der Waals surface area (Å²) in [5.74, 6) is 6.71. The minimum absolute atomic E-state index is 0.00100. The van der Waals surface area contributed by atoms with Crippen molar-refractivity contribution in [1.29, 1.82) is 0 Å². The van der Waals surface area contributed by atoms with Gasteiger partial charge in [-0.3, -0.25) is 0 Å². The molecule has 1 unspecified atom stereocenters. The van der Waals surface area contributed by atoms with Gasteiger partial charge in [0.25, 0.3) is 0 Å².